The monoisotopic (exact) mass is 321 g/mol. The average Bonchev–Trinajstić information content (AvgIpc) is 2.85. The van der Waals surface area contributed by atoms with Gasteiger partial charge in [-0.15, -0.1) is 0 Å². The van der Waals surface area contributed by atoms with Crippen molar-refractivity contribution in [3.63, 3.8) is 0 Å². The zero-order valence-corrected chi connectivity index (χ0v) is 12.4. The quantitative estimate of drug-likeness (QED) is 0.793. The van der Waals surface area contributed by atoms with Crippen molar-refractivity contribution >= 4 is 21.8 Å². The number of aromatic nitrogens is 2. The summed E-state index contributed by atoms with van der Waals surface area (Å²) in [7, 11) is 1.81. The summed E-state index contributed by atoms with van der Waals surface area (Å²) in [6, 6.07) is 9.99. The fourth-order valence-electron chi connectivity index (χ4n) is 1.87. The van der Waals surface area contributed by atoms with Crippen molar-refractivity contribution in [3.8, 4) is 0 Å². The molecule has 2 rings (SSSR count). The van der Waals surface area contributed by atoms with Gasteiger partial charge in [0.05, 0.1) is 11.8 Å². The lowest BCUT2D eigenvalue weighted by molar-refractivity contribution is 0.0754. The summed E-state index contributed by atoms with van der Waals surface area (Å²) >= 11 is 3.39. The number of carbonyl (C=O) groups excluding carboxylic acids is 1. The number of hydrogen-bond donors (Lipinski definition) is 0. The molecule has 5 heteroatoms. The van der Waals surface area contributed by atoms with Gasteiger partial charge in [-0.2, -0.15) is 5.10 Å². The number of hydrogen-bond acceptors (Lipinski definition) is 2. The molecule has 0 aliphatic heterocycles. The number of carbonyl (C=O) groups is 1. The van der Waals surface area contributed by atoms with Crippen LogP contribution >= 0.6 is 15.9 Å². The molecular weight excluding hydrogens is 306 g/mol. The molecule has 0 bridgehead atoms. The van der Waals surface area contributed by atoms with E-state index >= 15 is 0 Å². The predicted octanol–water partition coefficient (Wildman–Crippen LogP) is 2.46. The van der Waals surface area contributed by atoms with Crippen LogP contribution in [0.15, 0.2) is 42.7 Å². The number of amides is 1. The summed E-state index contributed by atoms with van der Waals surface area (Å²) in [6.07, 6.45) is 3.35. The molecule has 0 saturated heterocycles. The third-order valence-corrected chi connectivity index (χ3v) is 3.16. The number of nitrogens with zero attached hydrogens (tertiary/aromatic N) is 3. The van der Waals surface area contributed by atoms with Crippen molar-refractivity contribution in [3.05, 3.63) is 53.9 Å². The van der Waals surface area contributed by atoms with E-state index in [0.717, 1.165) is 10.9 Å². The highest BCUT2D eigenvalue weighted by Gasteiger charge is 2.16. The van der Waals surface area contributed by atoms with E-state index in [9.17, 15) is 4.79 Å². The molecule has 1 amide bonds. The molecule has 0 aliphatic rings. The summed E-state index contributed by atoms with van der Waals surface area (Å²) in [5.74, 6) is 0.0106. The second-order valence-corrected chi connectivity index (χ2v) is 5.10. The molecule has 1 aromatic carbocycles. The van der Waals surface area contributed by atoms with E-state index in [1.54, 1.807) is 17.1 Å². The lowest BCUT2D eigenvalue weighted by Crippen LogP contribution is -2.32. The maximum absolute atomic E-state index is 12.4. The molecule has 0 N–H and O–H groups in total. The standard InChI is InChI=1S/C14H16BrN3O/c1-17-11-13(9-16-17)14(19)18(8-7-15)10-12-5-3-2-4-6-12/h2-6,9,11H,7-8,10H2,1H3. The van der Waals surface area contributed by atoms with Crippen LogP contribution in [0.3, 0.4) is 0 Å². The maximum Gasteiger partial charge on any atom is 0.257 e. The molecule has 0 spiro atoms. The first-order valence-electron chi connectivity index (χ1n) is 6.08. The van der Waals surface area contributed by atoms with Gasteiger partial charge >= 0.3 is 0 Å². The van der Waals surface area contributed by atoms with Gasteiger partial charge in [-0.3, -0.25) is 9.48 Å². The van der Waals surface area contributed by atoms with E-state index in [1.165, 1.54) is 0 Å². The largest absolute Gasteiger partial charge is 0.333 e. The van der Waals surface area contributed by atoms with Gasteiger partial charge in [0.15, 0.2) is 0 Å². The Hall–Kier alpha value is -1.62. The molecule has 0 fully saturated rings. The molecule has 1 heterocycles. The minimum atomic E-state index is 0.0106. The Morgan fingerprint density at radius 3 is 2.68 bits per heavy atom. The maximum atomic E-state index is 12.4. The van der Waals surface area contributed by atoms with Gasteiger partial charge in [0.25, 0.3) is 5.91 Å². The van der Waals surface area contributed by atoms with Crippen molar-refractivity contribution < 1.29 is 4.79 Å². The molecule has 2 aromatic rings. The third-order valence-electron chi connectivity index (χ3n) is 2.81. The minimum absolute atomic E-state index is 0.0106. The lowest BCUT2D eigenvalue weighted by atomic mass is 10.2. The molecule has 0 aliphatic carbocycles. The highest BCUT2D eigenvalue weighted by molar-refractivity contribution is 9.09. The fraction of sp³-hybridized carbons (Fsp3) is 0.286. The summed E-state index contributed by atoms with van der Waals surface area (Å²) in [5, 5.41) is 4.80. The number of aryl methyl sites for hydroxylation is 1. The number of halogens is 1. The van der Waals surface area contributed by atoms with Crippen molar-refractivity contribution in [1.29, 1.82) is 0 Å². The molecule has 0 radical (unpaired) electrons. The van der Waals surface area contributed by atoms with Crippen LogP contribution in [0.25, 0.3) is 0 Å². The van der Waals surface area contributed by atoms with Gasteiger partial charge in [0.1, 0.15) is 0 Å². The smallest absolute Gasteiger partial charge is 0.257 e. The molecular formula is C14H16BrN3O. The van der Waals surface area contributed by atoms with Crippen LogP contribution in [0, 0.1) is 0 Å². The third kappa shape index (κ3) is 3.67. The number of rotatable bonds is 5. The molecule has 0 unspecified atom stereocenters. The van der Waals surface area contributed by atoms with Crippen molar-refractivity contribution in [2.24, 2.45) is 7.05 Å². The van der Waals surface area contributed by atoms with E-state index in [1.807, 2.05) is 42.3 Å². The summed E-state index contributed by atoms with van der Waals surface area (Å²) in [4.78, 5) is 14.2. The van der Waals surface area contributed by atoms with Crippen LogP contribution in [-0.2, 0) is 13.6 Å². The fourth-order valence-corrected chi connectivity index (χ4v) is 2.30. The van der Waals surface area contributed by atoms with E-state index in [2.05, 4.69) is 21.0 Å². The predicted molar refractivity (Wildman–Crippen MR) is 78.2 cm³/mol. The van der Waals surface area contributed by atoms with Gasteiger partial charge in [-0.25, -0.2) is 0 Å². The Kier molecular flexibility index (Phi) is 4.74. The summed E-state index contributed by atoms with van der Waals surface area (Å²) < 4.78 is 1.64. The first-order chi connectivity index (χ1) is 9.20. The van der Waals surface area contributed by atoms with Gasteiger partial charge in [0.2, 0.25) is 0 Å². The topological polar surface area (TPSA) is 38.1 Å². The number of benzene rings is 1. The zero-order chi connectivity index (χ0) is 13.7. The first kappa shape index (κ1) is 13.8. The highest BCUT2D eigenvalue weighted by atomic mass is 79.9. The van der Waals surface area contributed by atoms with E-state index in [0.29, 0.717) is 18.7 Å². The van der Waals surface area contributed by atoms with Crippen LogP contribution < -0.4 is 0 Å². The van der Waals surface area contributed by atoms with E-state index in [4.69, 9.17) is 0 Å². The van der Waals surface area contributed by atoms with Gasteiger partial charge in [-0.05, 0) is 5.56 Å². The average molecular weight is 322 g/mol. The van der Waals surface area contributed by atoms with Crippen molar-refractivity contribution in [2.75, 3.05) is 11.9 Å². The minimum Gasteiger partial charge on any atom is -0.333 e. The summed E-state index contributed by atoms with van der Waals surface area (Å²) in [5.41, 5.74) is 1.75. The van der Waals surface area contributed by atoms with Crippen LogP contribution in [-0.4, -0.2) is 32.5 Å². The Morgan fingerprint density at radius 2 is 2.11 bits per heavy atom. The molecule has 0 atom stereocenters. The molecule has 1 aromatic heterocycles. The summed E-state index contributed by atoms with van der Waals surface area (Å²) in [6.45, 7) is 1.28. The molecule has 100 valence electrons. The number of alkyl halides is 1. The van der Waals surface area contributed by atoms with Gasteiger partial charge in [0, 0.05) is 31.7 Å². The normalized spacial score (nSPS) is 10.4. The molecule has 4 nitrogen and oxygen atoms in total. The highest BCUT2D eigenvalue weighted by Crippen LogP contribution is 2.10. The van der Waals surface area contributed by atoms with Crippen LogP contribution in [0.2, 0.25) is 0 Å². The second kappa shape index (κ2) is 6.52. The second-order valence-electron chi connectivity index (χ2n) is 4.30. The Bertz CT molecular complexity index is 539. The van der Waals surface area contributed by atoms with E-state index < -0.39 is 0 Å². The van der Waals surface area contributed by atoms with Crippen molar-refractivity contribution in [2.45, 2.75) is 6.54 Å². The Morgan fingerprint density at radius 1 is 1.37 bits per heavy atom. The first-order valence-corrected chi connectivity index (χ1v) is 7.20. The van der Waals surface area contributed by atoms with Crippen LogP contribution in [0.1, 0.15) is 15.9 Å². The van der Waals surface area contributed by atoms with Crippen LogP contribution in [0.4, 0.5) is 0 Å². The van der Waals surface area contributed by atoms with E-state index in [-0.39, 0.29) is 5.91 Å². The SMILES string of the molecule is Cn1cc(C(=O)N(CCBr)Cc2ccccc2)cn1. The lowest BCUT2D eigenvalue weighted by Gasteiger charge is -2.21. The molecule has 19 heavy (non-hydrogen) atoms. The Labute approximate surface area is 121 Å². The van der Waals surface area contributed by atoms with Crippen molar-refractivity contribution in [1.82, 2.24) is 14.7 Å². The van der Waals surface area contributed by atoms with Gasteiger partial charge < -0.3 is 4.90 Å². The zero-order valence-electron chi connectivity index (χ0n) is 10.8. The van der Waals surface area contributed by atoms with Gasteiger partial charge in [-0.1, -0.05) is 46.3 Å². The molecule has 0 saturated carbocycles. The Balaban J connectivity index is 2.13. The van der Waals surface area contributed by atoms with Crippen LogP contribution in [0.5, 0.6) is 0 Å².